The minimum atomic E-state index is 0.850. The Hall–Kier alpha value is -1.35. The molecule has 1 aliphatic carbocycles. The Morgan fingerprint density at radius 1 is 1.30 bits per heavy atom. The summed E-state index contributed by atoms with van der Waals surface area (Å²) in [5.41, 5.74) is 3.48. The molecule has 3 nitrogen and oxygen atoms in total. The van der Waals surface area contributed by atoms with Crippen LogP contribution in [0, 0.1) is 18.8 Å². The van der Waals surface area contributed by atoms with Gasteiger partial charge in [-0.05, 0) is 43.9 Å². The maximum Gasteiger partial charge on any atom is 0.137 e. The van der Waals surface area contributed by atoms with E-state index in [4.69, 9.17) is 0 Å². The molecule has 2 aromatic heterocycles. The lowest BCUT2D eigenvalue weighted by molar-refractivity contribution is 0.247. The quantitative estimate of drug-likeness (QED) is 0.921. The second kappa shape index (κ2) is 5.96. The number of imidazole rings is 1. The molecule has 0 spiro atoms. The highest BCUT2D eigenvalue weighted by atomic mass is 15.0. The second-order valence-electron chi connectivity index (χ2n) is 6.23. The third kappa shape index (κ3) is 2.73. The van der Waals surface area contributed by atoms with Gasteiger partial charge in [0.1, 0.15) is 5.65 Å². The number of hydrogen-bond donors (Lipinski definition) is 1. The molecule has 0 aliphatic heterocycles. The van der Waals surface area contributed by atoms with Gasteiger partial charge < -0.3 is 9.72 Å². The predicted octanol–water partition coefficient (Wildman–Crippen LogP) is 3.56. The summed E-state index contributed by atoms with van der Waals surface area (Å²) in [6.45, 7) is 6.57. The zero-order valence-corrected chi connectivity index (χ0v) is 12.6. The first-order valence-corrected chi connectivity index (χ1v) is 7.89. The number of rotatable bonds is 4. The molecule has 2 heterocycles. The van der Waals surface area contributed by atoms with Gasteiger partial charge in [-0.15, -0.1) is 0 Å². The van der Waals surface area contributed by atoms with Gasteiger partial charge in [-0.1, -0.05) is 32.3 Å². The van der Waals surface area contributed by atoms with Crippen molar-refractivity contribution < 1.29 is 0 Å². The maximum absolute atomic E-state index is 4.62. The molecule has 2 unspecified atom stereocenters. The SMILES string of the molecule is Cc1nc2ccccn2c1CNCC1CCCCC1C. The summed E-state index contributed by atoms with van der Waals surface area (Å²) in [7, 11) is 0. The third-order valence-corrected chi connectivity index (χ3v) is 4.82. The van der Waals surface area contributed by atoms with Crippen molar-refractivity contribution in [3.05, 3.63) is 35.8 Å². The molecule has 0 amide bonds. The summed E-state index contributed by atoms with van der Waals surface area (Å²) in [6.07, 6.45) is 7.73. The van der Waals surface area contributed by atoms with Gasteiger partial charge in [0.25, 0.3) is 0 Å². The van der Waals surface area contributed by atoms with Crippen LogP contribution < -0.4 is 5.32 Å². The summed E-state index contributed by atoms with van der Waals surface area (Å²) in [6, 6.07) is 6.18. The zero-order chi connectivity index (χ0) is 13.9. The first-order chi connectivity index (χ1) is 9.75. The largest absolute Gasteiger partial charge is 0.311 e. The highest BCUT2D eigenvalue weighted by Crippen LogP contribution is 2.28. The maximum atomic E-state index is 4.62. The van der Waals surface area contributed by atoms with Gasteiger partial charge in [0.2, 0.25) is 0 Å². The lowest BCUT2D eigenvalue weighted by Gasteiger charge is -2.28. The third-order valence-electron chi connectivity index (χ3n) is 4.82. The summed E-state index contributed by atoms with van der Waals surface area (Å²) in [4.78, 5) is 4.62. The Kier molecular flexibility index (Phi) is 4.06. The van der Waals surface area contributed by atoms with Gasteiger partial charge in [-0.3, -0.25) is 0 Å². The fourth-order valence-corrected chi connectivity index (χ4v) is 3.45. The molecule has 1 saturated carbocycles. The molecule has 1 aliphatic rings. The number of nitrogens with zero attached hydrogens (tertiary/aromatic N) is 2. The average Bonchev–Trinajstić information content (AvgIpc) is 2.77. The number of aromatic nitrogens is 2. The lowest BCUT2D eigenvalue weighted by Crippen LogP contribution is -2.29. The van der Waals surface area contributed by atoms with Crippen LogP contribution in [-0.4, -0.2) is 15.9 Å². The molecular formula is C17H25N3. The van der Waals surface area contributed by atoms with E-state index in [1.54, 1.807) is 0 Å². The summed E-state index contributed by atoms with van der Waals surface area (Å²) in [5, 5.41) is 3.66. The zero-order valence-electron chi connectivity index (χ0n) is 12.6. The Morgan fingerprint density at radius 2 is 2.15 bits per heavy atom. The van der Waals surface area contributed by atoms with Crippen molar-refractivity contribution in [1.29, 1.82) is 0 Å². The van der Waals surface area contributed by atoms with E-state index in [2.05, 4.69) is 46.9 Å². The molecule has 20 heavy (non-hydrogen) atoms. The molecule has 3 heteroatoms. The molecule has 0 saturated heterocycles. The van der Waals surface area contributed by atoms with Gasteiger partial charge in [0.15, 0.2) is 0 Å². The molecule has 2 aromatic rings. The summed E-state index contributed by atoms with van der Waals surface area (Å²) in [5.74, 6) is 1.72. The van der Waals surface area contributed by atoms with Gasteiger partial charge in [-0.2, -0.15) is 0 Å². The van der Waals surface area contributed by atoms with Crippen molar-refractivity contribution in [2.75, 3.05) is 6.54 Å². The first-order valence-electron chi connectivity index (χ1n) is 7.89. The van der Waals surface area contributed by atoms with Crippen molar-refractivity contribution in [3.8, 4) is 0 Å². The van der Waals surface area contributed by atoms with Crippen molar-refractivity contribution >= 4 is 5.65 Å². The monoisotopic (exact) mass is 271 g/mol. The summed E-state index contributed by atoms with van der Waals surface area (Å²) >= 11 is 0. The minimum Gasteiger partial charge on any atom is -0.311 e. The molecular weight excluding hydrogens is 246 g/mol. The van der Waals surface area contributed by atoms with E-state index in [0.717, 1.165) is 36.3 Å². The van der Waals surface area contributed by atoms with Crippen LogP contribution in [-0.2, 0) is 6.54 Å². The van der Waals surface area contributed by atoms with Crippen LogP contribution in [0.3, 0.4) is 0 Å². The normalized spacial score (nSPS) is 23.3. The van der Waals surface area contributed by atoms with Gasteiger partial charge in [-0.25, -0.2) is 4.98 Å². The molecule has 3 rings (SSSR count). The molecule has 2 atom stereocenters. The number of aryl methyl sites for hydroxylation is 1. The molecule has 0 bridgehead atoms. The van der Waals surface area contributed by atoms with Gasteiger partial charge in [0, 0.05) is 12.7 Å². The average molecular weight is 271 g/mol. The Balaban J connectivity index is 1.63. The van der Waals surface area contributed by atoms with Crippen molar-refractivity contribution in [2.24, 2.45) is 11.8 Å². The minimum absolute atomic E-state index is 0.850. The highest BCUT2D eigenvalue weighted by Gasteiger charge is 2.20. The second-order valence-corrected chi connectivity index (χ2v) is 6.23. The van der Waals surface area contributed by atoms with Crippen LogP contribution in [0.25, 0.3) is 5.65 Å². The Morgan fingerprint density at radius 3 is 3.00 bits per heavy atom. The molecule has 108 valence electrons. The Labute approximate surface area is 121 Å². The van der Waals surface area contributed by atoms with Crippen LogP contribution in [0.4, 0.5) is 0 Å². The first kappa shape index (κ1) is 13.6. The van der Waals surface area contributed by atoms with E-state index in [0.29, 0.717) is 0 Å². The number of fused-ring (bicyclic) bond motifs is 1. The van der Waals surface area contributed by atoms with Crippen LogP contribution in [0.1, 0.15) is 44.0 Å². The lowest BCUT2D eigenvalue weighted by atomic mass is 9.80. The standard InChI is InChI=1S/C17H25N3/c1-13-7-3-4-8-15(13)11-18-12-16-14(2)19-17-9-5-6-10-20(16)17/h5-6,9-10,13,15,18H,3-4,7-8,11-12H2,1-2H3. The van der Waals surface area contributed by atoms with Crippen molar-refractivity contribution in [1.82, 2.24) is 14.7 Å². The Bertz CT molecular complexity index is 573. The van der Waals surface area contributed by atoms with Crippen molar-refractivity contribution in [2.45, 2.75) is 46.1 Å². The number of nitrogens with one attached hydrogen (secondary N) is 1. The van der Waals surface area contributed by atoms with E-state index in [9.17, 15) is 0 Å². The van der Waals surface area contributed by atoms with Crippen LogP contribution >= 0.6 is 0 Å². The predicted molar refractivity (Wildman–Crippen MR) is 82.8 cm³/mol. The van der Waals surface area contributed by atoms with Crippen LogP contribution in [0.5, 0.6) is 0 Å². The summed E-state index contributed by atoms with van der Waals surface area (Å²) < 4.78 is 2.20. The van der Waals surface area contributed by atoms with E-state index >= 15 is 0 Å². The van der Waals surface area contributed by atoms with Crippen LogP contribution in [0.2, 0.25) is 0 Å². The smallest absolute Gasteiger partial charge is 0.137 e. The van der Waals surface area contributed by atoms with E-state index in [1.165, 1.54) is 31.4 Å². The molecule has 0 aromatic carbocycles. The molecule has 1 fully saturated rings. The van der Waals surface area contributed by atoms with E-state index in [1.807, 2.05) is 6.07 Å². The fraction of sp³-hybridized carbons (Fsp3) is 0.588. The topological polar surface area (TPSA) is 29.3 Å². The fourth-order valence-electron chi connectivity index (χ4n) is 3.45. The molecule has 1 N–H and O–H groups in total. The number of hydrogen-bond acceptors (Lipinski definition) is 2. The molecule has 0 radical (unpaired) electrons. The highest BCUT2D eigenvalue weighted by molar-refractivity contribution is 5.42. The van der Waals surface area contributed by atoms with Crippen LogP contribution in [0.15, 0.2) is 24.4 Å². The van der Waals surface area contributed by atoms with Gasteiger partial charge >= 0.3 is 0 Å². The number of pyridine rings is 1. The van der Waals surface area contributed by atoms with E-state index in [-0.39, 0.29) is 0 Å². The van der Waals surface area contributed by atoms with E-state index < -0.39 is 0 Å². The van der Waals surface area contributed by atoms with Gasteiger partial charge in [0.05, 0.1) is 11.4 Å². The van der Waals surface area contributed by atoms with Crippen molar-refractivity contribution in [3.63, 3.8) is 0 Å².